The Morgan fingerprint density at radius 1 is 1.50 bits per heavy atom. The van der Waals surface area contributed by atoms with E-state index in [0.717, 1.165) is 0 Å². The van der Waals surface area contributed by atoms with Crippen LogP contribution in [0.3, 0.4) is 0 Å². The van der Waals surface area contributed by atoms with Gasteiger partial charge in [-0.15, -0.1) is 0 Å². The fraction of sp³-hybridized carbons (Fsp3) is 0.167. The van der Waals surface area contributed by atoms with E-state index >= 15 is 0 Å². The van der Waals surface area contributed by atoms with E-state index in [1.54, 1.807) is 36.1 Å². The van der Waals surface area contributed by atoms with E-state index in [1.165, 1.54) is 13.3 Å². The first-order chi connectivity index (χ1) is 8.60. The Morgan fingerprint density at radius 3 is 2.89 bits per heavy atom. The fourth-order valence-electron chi connectivity index (χ4n) is 1.54. The highest BCUT2D eigenvalue weighted by Crippen LogP contribution is 2.26. The van der Waals surface area contributed by atoms with Crippen LogP contribution < -0.4 is 15.8 Å². The van der Waals surface area contributed by atoms with Crippen molar-refractivity contribution in [1.82, 2.24) is 9.78 Å². The average molecular weight is 246 g/mol. The molecule has 6 heteroatoms. The molecule has 18 heavy (non-hydrogen) atoms. The van der Waals surface area contributed by atoms with Crippen molar-refractivity contribution in [3.63, 3.8) is 0 Å². The molecule has 0 aliphatic heterocycles. The maximum Gasteiger partial charge on any atom is 0.258 e. The number of benzene rings is 1. The second-order valence-corrected chi connectivity index (χ2v) is 3.82. The molecule has 2 aromatic rings. The molecule has 0 saturated heterocycles. The molecule has 0 aliphatic carbocycles. The molecule has 94 valence electrons. The molecule has 1 aromatic heterocycles. The number of amides is 1. The molecular formula is C12H14N4O2. The number of nitrogens with zero attached hydrogens (tertiary/aromatic N) is 2. The summed E-state index contributed by atoms with van der Waals surface area (Å²) in [5.74, 6) is 0.276. The van der Waals surface area contributed by atoms with Crippen molar-refractivity contribution in [1.29, 1.82) is 0 Å². The minimum atomic E-state index is -0.244. The highest BCUT2D eigenvalue weighted by atomic mass is 16.5. The first-order valence-electron chi connectivity index (χ1n) is 5.33. The standard InChI is InChI=1S/C12H14N4O2/c1-16-7-8(6-14-16)12(17)15-10-4-3-9(13)5-11(10)18-2/h3-7H,13H2,1-2H3,(H,15,17). The van der Waals surface area contributed by atoms with E-state index in [0.29, 0.717) is 22.7 Å². The molecule has 6 nitrogen and oxygen atoms in total. The van der Waals surface area contributed by atoms with Crippen molar-refractivity contribution in [2.75, 3.05) is 18.2 Å². The molecule has 0 bridgehead atoms. The minimum absolute atomic E-state index is 0.244. The number of methoxy groups -OCH3 is 1. The van der Waals surface area contributed by atoms with Crippen LogP contribution in [0, 0.1) is 0 Å². The third-order valence-electron chi connectivity index (χ3n) is 2.44. The molecule has 0 spiro atoms. The molecule has 3 N–H and O–H groups in total. The number of nitrogens with two attached hydrogens (primary N) is 1. The van der Waals surface area contributed by atoms with E-state index in [-0.39, 0.29) is 5.91 Å². The molecule has 0 unspecified atom stereocenters. The molecule has 1 amide bonds. The summed E-state index contributed by atoms with van der Waals surface area (Å²) in [5, 5.41) is 6.69. The van der Waals surface area contributed by atoms with Crippen LogP contribution >= 0.6 is 0 Å². The predicted octanol–water partition coefficient (Wildman–Crippen LogP) is 1.26. The Balaban J connectivity index is 2.21. The lowest BCUT2D eigenvalue weighted by Gasteiger charge is -2.09. The number of aromatic nitrogens is 2. The van der Waals surface area contributed by atoms with Gasteiger partial charge in [0.25, 0.3) is 5.91 Å². The van der Waals surface area contributed by atoms with Gasteiger partial charge in [0.2, 0.25) is 0 Å². The van der Waals surface area contributed by atoms with E-state index < -0.39 is 0 Å². The van der Waals surface area contributed by atoms with Crippen LogP contribution in [0.25, 0.3) is 0 Å². The Labute approximate surface area is 104 Å². The van der Waals surface area contributed by atoms with Crippen LogP contribution in [-0.2, 0) is 7.05 Å². The van der Waals surface area contributed by atoms with Crippen molar-refractivity contribution in [2.45, 2.75) is 0 Å². The highest BCUT2D eigenvalue weighted by Gasteiger charge is 2.11. The second kappa shape index (κ2) is 4.79. The molecule has 2 rings (SSSR count). The van der Waals surface area contributed by atoms with Crippen molar-refractivity contribution in [2.24, 2.45) is 7.05 Å². The van der Waals surface area contributed by atoms with Crippen molar-refractivity contribution < 1.29 is 9.53 Å². The van der Waals surface area contributed by atoms with Crippen LogP contribution in [0.5, 0.6) is 5.75 Å². The van der Waals surface area contributed by atoms with Crippen molar-refractivity contribution in [3.05, 3.63) is 36.2 Å². The summed E-state index contributed by atoms with van der Waals surface area (Å²) in [6, 6.07) is 5.04. The highest BCUT2D eigenvalue weighted by molar-refractivity contribution is 6.04. The minimum Gasteiger partial charge on any atom is -0.494 e. The van der Waals surface area contributed by atoms with Gasteiger partial charge in [0.1, 0.15) is 5.75 Å². The lowest BCUT2D eigenvalue weighted by molar-refractivity contribution is 0.102. The topological polar surface area (TPSA) is 82.2 Å². The van der Waals surface area contributed by atoms with Gasteiger partial charge in [0.15, 0.2) is 0 Å². The van der Waals surface area contributed by atoms with Crippen LogP contribution in [-0.4, -0.2) is 22.8 Å². The maximum atomic E-state index is 11.9. The first kappa shape index (κ1) is 12.0. The Bertz CT molecular complexity index is 577. The summed E-state index contributed by atoms with van der Waals surface area (Å²) < 4.78 is 6.72. The molecule has 0 fully saturated rings. The van der Waals surface area contributed by atoms with Gasteiger partial charge < -0.3 is 15.8 Å². The van der Waals surface area contributed by atoms with Crippen LogP contribution in [0.4, 0.5) is 11.4 Å². The van der Waals surface area contributed by atoms with Gasteiger partial charge in [-0.3, -0.25) is 9.48 Å². The van der Waals surface area contributed by atoms with Crippen molar-refractivity contribution >= 4 is 17.3 Å². The van der Waals surface area contributed by atoms with Crippen LogP contribution in [0.2, 0.25) is 0 Å². The number of nitrogens with one attached hydrogen (secondary N) is 1. The smallest absolute Gasteiger partial charge is 0.258 e. The number of ether oxygens (including phenoxy) is 1. The largest absolute Gasteiger partial charge is 0.494 e. The summed E-state index contributed by atoms with van der Waals surface area (Å²) in [6.45, 7) is 0. The quantitative estimate of drug-likeness (QED) is 0.799. The number of rotatable bonds is 3. The lowest BCUT2D eigenvalue weighted by Crippen LogP contribution is -2.12. The van der Waals surface area contributed by atoms with E-state index in [1.807, 2.05) is 0 Å². The number of anilines is 2. The molecule has 0 radical (unpaired) electrons. The Morgan fingerprint density at radius 2 is 2.28 bits per heavy atom. The van der Waals surface area contributed by atoms with Gasteiger partial charge in [-0.2, -0.15) is 5.10 Å². The third-order valence-corrected chi connectivity index (χ3v) is 2.44. The number of nitrogen functional groups attached to an aromatic ring is 1. The second-order valence-electron chi connectivity index (χ2n) is 3.82. The SMILES string of the molecule is COc1cc(N)ccc1NC(=O)c1cnn(C)c1. The zero-order valence-corrected chi connectivity index (χ0v) is 10.2. The van der Waals surface area contributed by atoms with Gasteiger partial charge in [-0.25, -0.2) is 0 Å². The van der Waals surface area contributed by atoms with Crippen molar-refractivity contribution in [3.8, 4) is 5.75 Å². The monoisotopic (exact) mass is 246 g/mol. The Kier molecular flexibility index (Phi) is 3.18. The van der Waals surface area contributed by atoms with E-state index in [4.69, 9.17) is 10.5 Å². The zero-order chi connectivity index (χ0) is 13.1. The van der Waals surface area contributed by atoms with Crippen LogP contribution in [0.1, 0.15) is 10.4 Å². The third kappa shape index (κ3) is 2.42. The molecule has 1 aromatic carbocycles. The van der Waals surface area contributed by atoms with Gasteiger partial charge in [0, 0.05) is 25.0 Å². The molecule has 0 atom stereocenters. The van der Waals surface area contributed by atoms with E-state index in [2.05, 4.69) is 10.4 Å². The summed E-state index contributed by atoms with van der Waals surface area (Å²) in [7, 11) is 3.27. The summed E-state index contributed by atoms with van der Waals surface area (Å²) in [4.78, 5) is 11.9. The lowest BCUT2D eigenvalue weighted by atomic mass is 10.2. The molecule has 0 saturated carbocycles. The zero-order valence-electron chi connectivity index (χ0n) is 10.2. The summed E-state index contributed by atoms with van der Waals surface area (Å²) in [6.07, 6.45) is 3.14. The van der Waals surface area contributed by atoms with Gasteiger partial charge in [-0.1, -0.05) is 0 Å². The first-order valence-corrected chi connectivity index (χ1v) is 5.33. The van der Waals surface area contributed by atoms with E-state index in [9.17, 15) is 4.79 Å². The number of aryl methyl sites for hydroxylation is 1. The number of hydrogen-bond acceptors (Lipinski definition) is 4. The molecule has 0 aliphatic rings. The summed E-state index contributed by atoms with van der Waals surface area (Å²) in [5.41, 5.74) is 7.27. The predicted molar refractivity (Wildman–Crippen MR) is 68.6 cm³/mol. The maximum absolute atomic E-state index is 11.9. The van der Waals surface area contributed by atoms with Gasteiger partial charge in [0.05, 0.1) is 24.6 Å². The summed E-state index contributed by atoms with van der Waals surface area (Å²) >= 11 is 0. The molecule has 1 heterocycles. The van der Waals surface area contributed by atoms with Gasteiger partial charge >= 0.3 is 0 Å². The normalized spacial score (nSPS) is 10.1. The number of carbonyl (C=O) groups is 1. The van der Waals surface area contributed by atoms with Crippen LogP contribution in [0.15, 0.2) is 30.6 Å². The average Bonchev–Trinajstić information content (AvgIpc) is 2.78. The number of hydrogen-bond donors (Lipinski definition) is 2. The molecular weight excluding hydrogens is 232 g/mol. The van der Waals surface area contributed by atoms with Gasteiger partial charge in [-0.05, 0) is 12.1 Å². The number of carbonyl (C=O) groups excluding carboxylic acids is 1. The fourth-order valence-corrected chi connectivity index (χ4v) is 1.54. The Hall–Kier alpha value is -2.50.